The minimum Gasteiger partial charge on any atom is -0.371 e. The zero-order valence-electron chi connectivity index (χ0n) is 21.3. The van der Waals surface area contributed by atoms with E-state index in [0.29, 0.717) is 17.2 Å². The number of amides is 1. The number of pyridine rings is 1. The van der Waals surface area contributed by atoms with Gasteiger partial charge in [0.2, 0.25) is 0 Å². The van der Waals surface area contributed by atoms with E-state index in [1.165, 1.54) is 31.3 Å². The first-order valence-corrected chi connectivity index (χ1v) is 12.5. The maximum absolute atomic E-state index is 13.4. The molecule has 2 aliphatic rings. The van der Waals surface area contributed by atoms with Crippen molar-refractivity contribution in [2.24, 2.45) is 0 Å². The summed E-state index contributed by atoms with van der Waals surface area (Å²) in [4.78, 5) is 33.4. The van der Waals surface area contributed by atoms with Crippen molar-refractivity contribution in [1.29, 1.82) is 0 Å². The average molecular weight is 463 g/mol. The number of aromatic nitrogens is 1. The number of aromatic amines is 1. The number of aryl methyl sites for hydroxylation is 2. The highest BCUT2D eigenvalue weighted by molar-refractivity contribution is 5.98. The van der Waals surface area contributed by atoms with E-state index in [1.54, 1.807) is 0 Å². The molecule has 6 nitrogen and oxygen atoms in total. The van der Waals surface area contributed by atoms with E-state index in [1.807, 2.05) is 32.9 Å². The molecular weight excluding hydrogens is 424 g/mol. The number of nitrogens with one attached hydrogen (secondary N) is 2. The third kappa shape index (κ3) is 5.12. The van der Waals surface area contributed by atoms with Crippen LogP contribution in [0.2, 0.25) is 0 Å². The average Bonchev–Trinajstić information content (AvgIpc) is 3.33. The fourth-order valence-electron chi connectivity index (χ4n) is 5.37. The molecule has 2 heterocycles. The molecule has 1 amide bonds. The summed E-state index contributed by atoms with van der Waals surface area (Å²) in [5.41, 5.74) is 7.45. The Kier molecular flexibility index (Phi) is 7.27. The van der Waals surface area contributed by atoms with Gasteiger partial charge in [0.15, 0.2) is 0 Å². The monoisotopic (exact) mass is 462 g/mol. The molecule has 1 saturated carbocycles. The normalized spacial score (nSPS) is 17.0. The van der Waals surface area contributed by atoms with E-state index >= 15 is 0 Å². The Bertz CT molecular complexity index is 1160. The summed E-state index contributed by atoms with van der Waals surface area (Å²) < 4.78 is 0. The Labute approximate surface area is 203 Å². The third-order valence-electron chi connectivity index (χ3n) is 7.58. The maximum Gasteiger partial charge on any atom is 0.253 e. The van der Waals surface area contributed by atoms with Crippen LogP contribution in [0, 0.1) is 20.8 Å². The van der Waals surface area contributed by atoms with Gasteiger partial charge in [0.1, 0.15) is 0 Å². The molecule has 1 fully saturated rings. The Morgan fingerprint density at radius 2 is 1.91 bits per heavy atom. The van der Waals surface area contributed by atoms with Crippen LogP contribution in [0.15, 0.2) is 29.1 Å². The number of hydrogen-bond acceptors (Lipinski definition) is 4. The van der Waals surface area contributed by atoms with E-state index in [-0.39, 0.29) is 18.0 Å². The van der Waals surface area contributed by atoms with Gasteiger partial charge in [0.25, 0.3) is 11.5 Å². The van der Waals surface area contributed by atoms with E-state index in [2.05, 4.69) is 46.3 Å². The zero-order chi connectivity index (χ0) is 24.4. The van der Waals surface area contributed by atoms with Gasteiger partial charge < -0.3 is 20.1 Å². The van der Waals surface area contributed by atoms with Crippen molar-refractivity contribution in [1.82, 2.24) is 15.2 Å². The van der Waals surface area contributed by atoms with Gasteiger partial charge in [0, 0.05) is 55.2 Å². The molecule has 1 aliphatic carbocycles. The number of benzene rings is 1. The van der Waals surface area contributed by atoms with Gasteiger partial charge in [-0.25, -0.2) is 0 Å². The van der Waals surface area contributed by atoms with Crippen molar-refractivity contribution < 1.29 is 4.79 Å². The summed E-state index contributed by atoms with van der Waals surface area (Å²) in [7, 11) is 4.30. The number of hydrogen-bond donors (Lipinski definition) is 2. The molecule has 2 N–H and O–H groups in total. The number of anilines is 1. The van der Waals surface area contributed by atoms with E-state index in [4.69, 9.17) is 0 Å². The van der Waals surface area contributed by atoms with Gasteiger partial charge in [-0.05, 0) is 87.5 Å². The Morgan fingerprint density at radius 3 is 2.56 bits per heavy atom. The summed E-state index contributed by atoms with van der Waals surface area (Å²) >= 11 is 0. The zero-order valence-corrected chi connectivity index (χ0v) is 21.3. The summed E-state index contributed by atoms with van der Waals surface area (Å²) in [5, 5.41) is 3.02. The second-order valence-corrected chi connectivity index (χ2v) is 10.1. The van der Waals surface area contributed by atoms with Crippen LogP contribution >= 0.6 is 0 Å². The first-order chi connectivity index (χ1) is 16.2. The fraction of sp³-hybridized carbons (Fsp3) is 0.500. The molecule has 0 unspecified atom stereocenters. The number of likely N-dealkylation sites (N-methyl/N-ethyl adjacent to an activating group) is 1. The van der Waals surface area contributed by atoms with Gasteiger partial charge in [-0.15, -0.1) is 0 Å². The third-order valence-corrected chi connectivity index (χ3v) is 7.58. The minimum absolute atomic E-state index is 0.131. The van der Waals surface area contributed by atoms with Gasteiger partial charge in [0.05, 0.1) is 0 Å². The summed E-state index contributed by atoms with van der Waals surface area (Å²) in [5.74, 6) is -0.131. The largest absolute Gasteiger partial charge is 0.371 e. The predicted octanol–water partition coefficient (Wildman–Crippen LogP) is 4.33. The predicted molar refractivity (Wildman–Crippen MR) is 140 cm³/mol. The van der Waals surface area contributed by atoms with Crippen LogP contribution in [-0.4, -0.2) is 49.0 Å². The Morgan fingerprint density at radius 1 is 1.18 bits per heavy atom. The van der Waals surface area contributed by atoms with Crippen LogP contribution in [0.1, 0.15) is 70.4 Å². The lowest BCUT2D eigenvalue weighted by Crippen LogP contribution is -2.32. The molecule has 1 aliphatic heterocycles. The summed E-state index contributed by atoms with van der Waals surface area (Å²) in [6, 6.07) is 6.78. The molecule has 6 heteroatoms. The van der Waals surface area contributed by atoms with Crippen LogP contribution < -0.4 is 15.8 Å². The van der Waals surface area contributed by atoms with Crippen LogP contribution in [-0.2, 0) is 6.54 Å². The second kappa shape index (κ2) is 10.2. The van der Waals surface area contributed by atoms with Gasteiger partial charge in [-0.2, -0.15) is 0 Å². The highest BCUT2D eigenvalue weighted by Gasteiger charge is 2.24. The first kappa shape index (κ1) is 24.3. The van der Waals surface area contributed by atoms with Gasteiger partial charge in [-0.1, -0.05) is 18.9 Å². The molecule has 1 aromatic carbocycles. The fourth-order valence-corrected chi connectivity index (χ4v) is 5.37. The maximum atomic E-state index is 13.4. The van der Waals surface area contributed by atoms with E-state index in [9.17, 15) is 9.59 Å². The van der Waals surface area contributed by atoms with Crippen molar-refractivity contribution in [3.05, 3.63) is 68.1 Å². The van der Waals surface area contributed by atoms with Crippen LogP contribution in [0.3, 0.4) is 0 Å². The molecule has 0 atom stereocenters. The lowest BCUT2D eigenvalue weighted by Gasteiger charge is -2.30. The molecule has 2 aromatic rings. The van der Waals surface area contributed by atoms with Crippen LogP contribution in [0.4, 0.5) is 5.69 Å². The number of H-pyrrole nitrogens is 1. The smallest absolute Gasteiger partial charge is 0.253 e. The number of rotatable bonds is 6. The van der Waals surface area contributed by atoms with Crippen LogP contribution in [0.5, 0.6) is 0 Å². The number of carbonyl (C=O) groups excluding carboxylic acids is 1. The standard InChI is InChI=1S/C28H38N4O2/c1-18-14-19(2)30-28(34)25(18)17-29-27(33)24-15-22(21-10-12-31(4)13-11-21)16-26(20(24)3)32(5)23-8-6-7-9-23/h10,14-16,23H,6-9,11-13,17H2,1-5H3,(H,29,33)(H,30,34). The van der Waals surface area contributed by atoms with Crippen molar-refractivity contribution >= 4 is 17.2 Å². The Hall–Kier alpha value is -2.86. The quantitative estimate of drug-likeness (QED) is 0.671. The number of carbonyl (C=O) groups is 1. The molecule has 182 valence electrons. The highest BCUT2D eigenvalue weighted by Crippen LogP contribution is 2.34. The lowest BCUT2D eigenvalue weighted by atomic mass is 9.93. The first-order valence-electron chi connectivity index (χ1n) is 12.5. The molecule has 0 saturated heterocycles. The molecule has 0 bridgehead atoms. The van der Waals surface area contributed by atoms with Gasteiger partial charge in [-0.3, -0.25) is 9.59 Å². The topological polar surface area (TPSA) is 68.4 Å². The highest BCUT2D eigenvalue weighted by atomic mass is 16.1. The molecule has 0 radical (unpaired) electrons. The molecule has 1 aromatic heterocycles. The van der Waals surface area contributed by atoms with E-state index < -0.39 is 0 Å². The molecule has 4 rings (SSSR count). The molecule has 0 spiro atoms. The van der Waals surface area contributed by atoms with Crippen molar-refractivity contribution in [2.75, 3.05) is 32.1 Å². The van der Waals surface area contributed by atoms with Crippen molar-refractivity contribution in [3.63, 3.8) is 0 Å². The summed E-state index contributed by atoms with van der Waals surface area (Å²) in [6.07, 6.45) is 8.19. The summed E-state index contributed by atoms with van der Waals surface area (Å²) in [6.45, 7) is 7.98. The minimum atomic E-state index is -0.138. The second-order valence-electron chi connectivity index (χ2n) is 10.1. The lowest BCUT2D eigenvalue weighted by molar-refractivity contribution is 0.0950. The molecular formula is C28H38N4O2. The molecule has 34 heavy (non-hydrogen) atoms. The van der Waals surface area contributed by atoms with Crippen molar-refractivity contribution in [2.45, 2.75) is 65.5 Å². The Balaban J connectivity index is 1.67. The van der Waals surface area contributed by atoms with Gasteiger partial charge >= 0.3 is 0 Å². The van der Waals surface area contributed by atoms with Crippen LogP contribution in [0.25, 0.3) is 5.57 Å². The van der Waals surface area contributed by atoms with Crippen molar-refractivity contribution in [3.8, 4) is 0 Å². The number of nitrogens with zero attached hydrogens (tertiary/aromatic N) is 2. The van der Waals surface area contributed by atoms with E-state index in [0.717, 1.165) is 47.6 Å². The SMILES string of the molecule is Cc1cc(C)c(CNC(=O)c2cc(C3=CCN(C)CC3)cc(N(C)C3CCCC3)c2C)c(=O)[nH]1.